The number of rotatable bonds is 4. The maximum atomic E-state index is 12.5. The summed E-state index contributed by atoms with van der Waals surface area (Å²) in [6, 6.07) is 7.01. The number of hydrogen-bond acceptors (Lipinski definition) is 4. The molecule has 1 heterocycles. The van der Waals surface area contributed by atoms with Gasteiger partial charge in [-0.2, -0.15) is 0 Å². The van der Waals surface area contributed by atoms with Gasteiger partial charge in [-0.05, 0) is 25.0 Å². The van der Waals surface area contributed by atoms with Crippen LogP contribution in [0.2, 0.25) is 0 Å². The quantitative estimate of drug-likeness (QED) is 0.894. The van der Waals surface area contributed by atoms with Crippen LogP contribution in [0.5, 0.6) is 5.75 Å². The first kappa shape index (κ1) is 15.8. The number of nitrogens with one attached hydrogen (secondary N) is 1. The molecule has 6 nitrogen and oxygen atoms in total. The van der Waals surface area contributed by atoms with Crippen LogP contribution in [0.3, 0.4) is 0 Å². The van der Waals surface area contributed by atoms with Gasteiger partial charge in [-0.25, -0.2) is 13.1 Å². The number of hydrogen-bond donors (Lipinski definition) is 1. The highest BCUT2D eigenvalue weighted by atomic mass is 32.2. The van der Waals surface area contributed by atoms with Crippen LogP contribution in [0.15, 0.2) is 24.3 Å². The van der Waals surface area contributed by atoms with E-state index in [-0.39, 0.29) is 11.9 Å². The Morgan fingerprint density at radius 2 is 1.90 bits per heavy atom. The second kappa shape index (κ2) is 6.44. The minimum atomic E-state index is -3.20. The first-order chi connectivity index (χ1) is 9.90. The molecule has 1 aliphatic heterocycles. The van der Waals surface area contributed by atoms with Crippen molar-refractivity contribution in [1.82, 2.24) is 9.62 Å². The monoisotopic (exact) mass is 312 g/mol. The molecule has 1 aromatic rings. The molecule has 0 spiro atoms. The van der Waals surface area contributed by atoms with Crippen LogP contribution in [0.25, 0.3) is 0 Å². The molecule has 21 heavy (non-hydrogen) atoms. The van der Waals surface area contributed by atoms with Crippen molar-refractivity contribution in [2.24, 2.45) is 0 Å². The first-order valence-corrected chi connectivity index (χ1v) is 8.69. The molecule has 1 fully saturated rings. The highest BCUT2D eigenvalue weighted by molar-refractivity contribution is 7.88. The zero-order chi connectivity index (χ0) is 15.5. The van der Waals surface area contributed by atoms with E-state index < -0.39 is 10.0 Å². The van der Waals surface area contributed by atoms with Gasteiger partial charge in [0, 0.05) is 19.1 Å². The molecular formula is C14H20N2O4S. The highest BCUT2D eigenvalue weighted by Gasteiger charge is 2.26. The summed E-state index contributed by atoms with van der Waals surface area (Å²) in [7, 11) is -1.66. The van der Waals surface area contributed by atoms with Crippen molar-refractivity contribution >= 4 is 15.9 Å². The Bertz CT molecular complexity index is 607. The van der Waals surface area contributed by atoms with Crippen LogP contribution in [-0.4, -0.2) is 51.7 Å². The van der Waals surface area contributed by atoms with Crippen LogP contribution >= 0.6 is 0 Å². The molecular weight excluding hydrogens is 292 g/mol. The second-order valence-corrected chi connectivity index (χ2v) is 6.94. The summed E-state index contributed by atoms with van der Waals surface area (Å²) < 4.78 is 30.2. The van der Waals surface area contributed by atoms with E-state index in [1.165, 1.54) is 7.11 Å². The molecule has 0 saturated carbocycles. The smallest absolute Gasteiger partial charge is 0.257 e. The third-order valence-electron chi connectivity index (χ3n) is 3.50. The van der Waals surface area contributed by atoms with Crippen LogP contribution in [0, 0.1) is 0 Å². The summed E-state index contributed by atoms with van der Waals surface area (Å²) in [6.45, 7) is 1.06. The van der Waals surface area contributed by atoms with Gasteiger partial charge in [-0.15, -0.1) is 0 Å². The van der Waals surface area contributed by atoms with E-state index in [1.807, 2.05) is 6.07 Å². The van der Waals surface area contributed by atoms with Gasteiger partial charge in [0.05, 0.1) is 18.9 Å². The zero-order valence-electron chi connectivity index (χ0n) is 12.2. The number of nitrogens with zero attached hydrogens (tertiary/aromatic N) is 1. The molecule has 0 aromatic heterocycles. The summed E-state index contributed by atoms with van der Waals surface area (Å²) in [5.74, 6) is 0.476. The number of piperidine rings is 1. The lowest BCUT2D eigenvalue weighted by Crippen LogP contribution is -2.46. The van der Waals surface area contributed by atoms with Crippen molar-refractivity contribution in [1.29, 1.82) is 0 Å². The Labute approximate surface area is 125 Å². The van der Waals surface area contributed by atoms with Crippen LogP contribution in [0.1, 0.15) is 23.2 Å². The predicted octanol–water partition coefficient (Wildman–Crippen LogP) is 0.849. The van der Waals surface area contributed by atoms with Crippen molar-refractivity contribution in [2.75, 3.05) is 26.5 Å². The Kier molecular flexibility index (Phi) is 4.84. The third-order valence-corrected chi connectivity index (χ3v) is 4.26. The largest absolute Gasteiger partial charge is 0.496 e. The first-order valence-electron chi connectivity index (χ1n) is 6.80. The van der Waals surface area contributed by atoms with E-state index in [0.717, 1.165) is 6.26 Å². The zero-order valence-corrected chi connectivity index (χ0v) is 13.0. The average molecular weight is 312 g/mol. The Hall–Kier alpha value is -1.60. The van der Waals surface area contributed by atoms with Gasteiger partial charge in [0.15, 0.2) is 0 Å². The van der Waals surface area contributed by atoms with Gasteiger partial charge in [-0.1, -0.05) is 12.1 Å². The van der Waals surface area contributed by atoms with E-state index in [2.05, 4.69) is 4.72 Å². The van der Waals surface area contributed by atoms with Crippen molar-refractivity contribution in [3.63, 3.8) is 0 Å². The maximum absolute atomic E-state index is 12.5. The number of carbonyl (C=O) groups is 1. The summed E-state index contributed by atoms with van der Waals surface area (Å²) in [5.41, 5.74) is 0.537. The lowest BCUT2D eigenvalue weighted by Gasteiger charge is -2.32. The Balaban J connectivity index is 2.00. The van der Waals surface area contributed by atoms with E-state index in [0.29, 0.717) is 37.2 Å². The highest BCUT2D eigenvalue weighted by Crippen LogP contribution is 2.21. The predicted molar refractivity (Wildman–Crippen MR) is 79.9 cm³/mol. The van der Waals surface area contributed by atoms with Gasteiger partial charge >= 0.3 is 0 Å². The summed E-state index contributed by atoms with van der Waals surface area (Å²) >= 11 is 0. The van der Waals surface area contributed by atoms with Crippen molar-refractivity contribution in [3.8, 4) is 5.75 Å². The number of benzene rings is 1. The standard InChI is InChI=1S/C14H20N2O4S/c1-20-13-6-4-3-5-12(13)14(17)16-9-7-11(8-10-16)15-21(2,18)19/h3-6,11,15H,7-10H2,1-2H3. The molecule has 0 unspecified atom stereocenters. The SMILES string of the molecule is COc1ccccc1C(=O)N1CCC(NS(C)(=O)=O)CC1. The maximum Gasteiger partial charge on any atom is 0.257 e. The number of sulfonamides is 1. The van der Waals surface area contributed by atoms with Crippen LogP contribution in [0.4, 0.5) is 0 Å². The molecule has 1 aromatic carbocycles. The van der Waals surface area contributed by atoms with Crippen molar-refractivity contribution in [3.05, 3.63) is 29.8 Å². The van der Waals surface area contributed by atoms with E-state index >= 15 is 0 Å². The molecule has 2 rings (SSSR count). The average Bonchev–Trinajstić information content (AvgIpc) is 2.45. The normalized spacial score (nSPS) is 16.8. The molecule has 1 saturated heterocycles. The molecule has 1 amide bonds. The number of carbonyl (C=O) groups excluding carboxylic acids is 1. The van der Waals surface area contributed by atoms with E-state index in [1.54, 1.807) is 23.1 Å². The molecule has 0 radical (unpaired) electrons. The number of ether oxygens (including phenoxy) is 1. The number of methoxy groups -OCH3 is 1. The molecule has 1 aliphatic rings. The summed E-state index contributed by atoms with van der Waals surface area (Å²) in [6.07, 6.45) is 2.39. The lowest BCUT2D eigenvalue weighted by atomic mass is 10.0. The lowest BCUT2D eigenvalue weighted by molar-refractivity contribution is 0.0708. The number of para-hydroxylation sites is 1. The molecule has 1 N–H and O–H groups in total. The van der Waals surface area contributed by atoms with E-state index in [4.69, 9.17) is 4.74 Å². The van der Waals surface area contributed by atoms with Gasteiger partial charge in [0.2, 0.25) is 10.0 Å². The fourth-order valence-corrected chi connectivity index (χ4v) is 3.34. The topological polar surface area (TPSA) is 75.7 Å². The van der Waals surface area contributed by atoms with Gasteiger partial charge in [-0.3, -0.25) is 4.79 Å². The van der Waals surface area contributed by atoms with Crippen molar-refractivity contribution < 1.29 is 17.9 Å². The molecule has 0 bridgehead atoms. The third kappa shape index (κ3) is 4.18. The number of likely N-dealkylation sites (tertiary alicyclic amines) is 1. The Morgan fingerprint density at radius 3 is 2.48 bits per heavy atom. The van der Waals surface area contributed by atoms with Crippen LogP contribution < -0.4 is 9.46 Å². The molecule has 116 valence electrons. The van der Waals surface area contributed by atoms with Gasteiger partial charge in [0.25, 0.3) is 5.91 Å². The van der Waals surface area contributed by atoms with Crippen LogP contribution in [-0.2, 0) is 10.0 Å². The fourth-order valence-electron chi connectivity index (χ4n) is 2.49. The summed E-state index contributed by atoms with van der Waals surface area (Å²) in [4.78, 5) is 14.2. The molecule has 0 atom stereocenters. The van der Waals surface area contributed by atoms with Gasteiger partial charge in [0.1, 0.15) is 5.75 Å². The molecule has 0 aliphatic carbocycles. The molecule has 7 heteroatoms. The minimum absolute atomic E-state index is 0.0785. The van der Waals surface area contributed by atoms with Crippen molar-refractivity contribution in [2.45, 2.75) is 18.9 Å². The Morgan fingerprint density at radius 1 is 1.29 bits per heavy atom. The van der Waals surface area contributed by atoms with Gasteiger partial charge < -0.3 is 9.64 Å². The fraction of sp³-hybridized carbons (Fsp3) is 0.500. The number of amides is 1. The van der Waals surface area contributed by atoms with E-state index in [9.17, 15) is 13.2 Å². The minimum Gasteiger partial charge on any atom is -0.496 e. The summed E-state index contributed by atoms with van der Waals surface area (Å²) in [5, 5.41) is 0. The second-order valence-electron chi connectivity index (χ2n) is 5.16.